The molecule has 0 saturated heterocycles. The molecular weight excluding hydrogens is 344 g/mol. The molecule has 0 saturated carbocycles. The Labute approximate surface area is 147 Å². The number of nitro benzene ring substituents is 2. The summed E-state index contributed by atoms with van der Waals surface area (Å²) in [5.74, 6) is -0.435. The molecule has 10 heteroatoms. The van der Waals surface area contributed by atoms with Gasteiger partial charge in [0.25, 0.3) is 5.69 Å². The Morgan fingerprint density at radius 3 is 2.42 bits per heavy atom. The number of nitro groups is 2. The summed E-state index contributed by atoms with van der Waals surface area (Å²) < 4.78 is 4.87. The van der Waals surface area contributed by atoms with Crippen LogP contribution in [0.15, 0.2) is 47.6 Å². The van der Waals surface area contributed by atoms with Crippen molar-refractivity contribution >= 4 is 29.2 Å². The second kappa shape index (κ2) is 8.33. The molecule has 0 bridgehead atoms. The van der Waals surface area contributed by atoms with Gasteiger partial charge in [0.2, 0.25) is 0 Å². The summed E-state index contributed by atoms with van der Waals surface area (Å²) in [5, 5.41) is 25.6. The third-order valence-corrected chi connectivity index (χ3v) is 3.21. The van der Waals surface area contributed by atoms with Crippen LogP contribution in [0.25, 0.3) is 0 Å². The molecule has 1 N–H and O–H groups in total. The first-order valence-electron chi connectivity index (χ1n) is 7.41. The fraction of sp³-hybridized carbons (Fsp3) is 0.125. The Kier molecular flexibility index (Phi) is 5.93. The third-order valence-electron chi connectivity index (χ3n) is 3.21. The summed E-state index contributed by atoms with van der Waals surface area (Å²) in [6.07, 6.45) is 1.39. The molecular formula is C16H14N4O6. The zero-order chi connectivity index (χ0) is 19.1. The molecule has 0 aliphatic carbocycles. The van der Waals surface area contributed by atoms with Crippen LogP contribution in [0.5, 0.6) is 0 Å². The van der Waals surface area contributed by atoms with E-state index in [1.165, 1.54) is 12.3 Å². The Morgan fingerprint density at radius 2 is 1.85 bits per heavy atom. The van der Waals surface area contributed by atoms with Gasteiger partial charge in [-0.15, -0.1) is 0 Å². The highest BCUT2D eigenvalue weighted by Gasteiger charge is 2.19. The van der Waals surface area contributed by atoms with E-state index in [1.54, 1.807) is 31.2 Å². The third kappa shape index (κ3) is 4.60. The van der Waals surface area contributed by atoms with Gasteiger partial charge in [0.1, 0.15) is 5.69 Å². The number of ether oxygens (including phenoxy) is 1. The molecule has 0 aliphatic heterocycles. The number of rotatable bonds is 7. The number of esters is 1. The van der Waals surface area contributed by atoms with E-state index in [1.807, 2.05) is 0 Å². The van der Waals surface area contributed by atoms with Gasteiger partial charge >= 0.3 is 11.7 Å². The monoisotopic (exact) mass is 358 g/mol. The minimum atomic E-state index is -0.737. The second-order valence-electron chi connectivity index (χ2n) is 4.93. The Balaban J connectivity index is 2.12. The number of carbonyl (C=O) groups excluding carboxylic acids is 1. The van der Waals surface area contributed by atoms with Crippen molar-refractivity contribution in [3.05, 3.63) is 73.8 Å². The van der Waals surface area contributed by atoms with Crippen molar-refractivity contribution in [1.29, 1.82) is 0 Å². The number of nitrogens with zero attached hydrogens (tertiary/aromatic N) is 3. The minimum Gasteiger partial charge on any atom is -0.462 e. The van der Waals surface area contributed by atoms with Crippen molar-refractivity contribution in [3.8, 4) is 0 Å². The largest absolute Gasteiger partial charge is 0.462 e. The van der Waals surface area contributed by atoms with E-state index in [9.17, 15) is 25.0 Å². The molecule has 0 unspecified atom stereocenters. The van der Waals surface area contributed by atoms with Crippen LogP contribution in [0.3, 0.4) is 0 Å². The Bertz CT molecular complexity index is 864. The Morgan fingerprint density at radius 1 is 1.15 bits per heavy atom. The maximum atomic E-state index is 11.6. The van der Waals surface area contributed by atoms with Crippen LogP contribution in [0.2, 0.25) is 0 Å². The second-order valence-corrected chi connectivity index (χ2v) is 4.93. The smallest absolute Gasteiger partial charge is 0.338 e. The molecule has 0 atom stereocenters. The van der Waals surface area contributed by atoms with E-state index in [-0.39, 0.29) is 18.0 Å². The van der Waals surface area contributed by atoms with Crippen LogP contribution in [0, 0.1) is 20.2 Å². The molecule has 0 spiro atoms. The van der Waals surface area contributed by atoms with Gasteiger partial charge in [-0.1, -0.05) is 12.1 Å². The molecule has 0 aliphatic rings. The summed E-state index contributed by atoms with van der Waals surface area (Å²) in [5.41, 5.74) is 2.67. The lowest BCUT2D eigenvalue weighted by atomic mass is 10.1. The van der Waals surface area contributed by atoms with Gasteiger partial charge in [-0.2, -0.15) is 5.10 Å². The van der Waals surface area contributed by atoms with E-state index in [2.05, 4.69) is 10.5 Å². The van der Waals surface area contributed by atoms with Gasteiger partial charge < -0.3 is 4.74 Å². The average Bonchev–Trinajstić information content (AvgIpc) is 2.62. The Hall–Kier alpha value is -3.82. The lowest BCUT2D eigenvalue weighted by Crippen LogP contribution is -2.04. The molecule has 10 nitrogen and oxygen atoms in total. The molecule has 134 valence electrons. The van der Waals surface area contributed by atoms with Crippen molar-refractivity contribution < 1.29 is 19.4 Å². The SMILES string of the molecule is CCOC(=O)c1ccc(/C=N/Nc2ccc([N+](=O)[O-])cc2[N+](=O)[O-])cc1. The van der Waals surface area contributed by atoms with Gasteiger partial charge in [-0.25, -0.2) is 4.79 Å². The normalized spacial score (nSPS) is 10.5. The van der Waals surface area contributed by atoms with Crippen molar-refractivity contribution in [2.24, 2.45) is 5.10 Å². The lowest BCUT2D eigenvalue weighted by molar-refractivity contribution is -0.393. The first-order chi connectivity index (χ1) is 12.4. The topological polar surface area (TPSA) is 137 Å². The summed E-state index contributed by atoms with van der Waals surface area (Å²) in [6.45, 7) is 1.99. The highest BCUT2D eigenvalue weighted by Crippen LogP contribution is 2.28. The van der Waals surface area contributed by atoms with Crippen molar-refractivity contribution in [1.82, 2.24) is 0 Å². The molecule has 0 aromatic heterocycles. The molecule has 0 radical (unpaired) electrons. The van der Waals surface area contributed by atoms with Crippen LogP contribution in [0.1, 0.15) is 22.8 Å². The van der Waals surface area contributed by atoms with Crippen LogP contribution >= 0.6 is 0 Å². The van der Waals surface area contributed by atoms with Gasteiger partial charge in [0.15, 0.2) is 0 Å². The van der Waals surface area contributed by atoms with Crippen molar-refractivity contribution in [3.63, 3.8) is 0 Å². The zero-order valence-corrected chi connectivity index (χ0v) is 13.6. The number of nitrogens with one attached hydrogen (secondary N) is 1. The molecule has 2 rings (SSSR count). The number of hydrogen-bond acceptors (Lipinski definition) is 8. The fourth-order valence-electron chi connectivity index (χ4n) is 1.98. The van der Waals surface area contributed by atoms with Gasteiger partial charge in [0, 0.05) is 6.07 Å². The molecule has 0 amide bonds. The fourth-order valence-corrected chi connectivity index (χ4v) is 1.98. The molecule has 0 fully saturated rings. The molecule has 26 heavy (non-hydrogen) atoms. The first kappa shape index (κ1) is 18.5. The average molecular weight is 358 g/mol. The van der Waals surface area contributed by atoms with Gasteiger partial charge in [0.05, 0.1) is 34.3 Å². The number of hydrazone groups is 1. The van der Waals surface area contributed by atoms with E-state index >= 15 is 0 Å². The van der Waals surface area contributed by atoms with Gasteiger partial charge in [-0.05, 0) is 30.7 Å². The van der Waals surface area contributed by atoms with Crippen LogP contribution in [0.4, 0.5) is 17.1 Å². The van der Waals surface area contributed by atoms with Crippen molar-refractivity contribution in [2.75, 3.05) is 12.0 Å². The zero-order valence-electron chi connectivity index (χ0n) is 13.6. The molecule has 0 heterocycles. The molecule has 2 aromatic rings. The molecule has 2 aromatic carbocycles. The van der Waals surface area contributed by atoms with Crippen molar-refractivity contribution in [2.45, 2.75) is 6.92 Å². The van der Waals surface area contributed by atoms with Crippen LogP contribution in [-0.4, -0.2) is 28.6 Å². The first-order valence-corrected chi connectivity index (χ1v) is 7.41. The highest BCUT2D eigenvalue weighted by molar-refractivity contribution is 5.90. The highest BCUT2D eigenvalue weighted by atomic mass is 16.6. The maximum Gasteiger partial charge on any atom is 0.338 e. The maximum absolute atomic E-state index is 11.6. The van der Waals surface area contributed by atoms with E-state index < -0.39 is 21.5 Å². The number of anilines is 1. The minimum absolute atomic E-state index is 0.0139. The van der Waals surface area contributed by atoms with Crippen LogP contribution < -0.4 is 5.43 Å². The lowest BCUT2D eigenvalue weighted by Gasteiger charge is -2.03. The van der Waals surface area contributed by atoms with Crippen LogP contribution in [-0.2, 0) is 4.74 Å². The number of benzene rings is 2. The number of hydrogen-bond donors (Lipinski definition) is 1. The quantitative estimate of drug-likeness (QED) is 0.347. The number of carbonyl (C=O) groups is 1. The summed E-state index contributed by atoms with van der Waals surface area (Å²) in [7, 11) is 0. The van der Waals surface area contributed by atoms with E-state index in [4.69, 9.17) is 4.74 Å². The predicted octanol–water partition coefficient (Wildman–Crippen LogP) is 3.13. The summed E-state index contributed by atoms with van der Waals surface area (Å²) in [6, 6.07) is 9.58. The standard InChI is InChI=1S/C16H14N4O6/c1-2-26-16(21)12-5-3-11(4-6-12)10-17-18-14-8-7-13(19(22)23)9-15(14)20(24)25/h3-10,18H,2H2,1H3/b17-10+. The number of non-ortho nitro benzene ring substituents is 1. The predicted molar refractivity (Wildman–Crippen MR) is 93.4 cm³/mol. The van der Waals surface area contributed by atoms with E-state index in [0.29, 0.717) is 11.1 Å². The van der Waals surface area contributed by atoms with Gasteiger partial charge in [-0.3, -0.25) is 25.7 Å². The van der Waals surface area contributed by atoms with E-state index in [0.717, 1.165) is 12.1 Å². The summed E-state index contributed by atoms with van der Waals surface area (Å²) >= 11 is 0. The summed E-state index contributed by atoms with van der Waals surface area (Å²) in [4.78, 5) is 31.8.